The maximum atomic E-state index is 14.2. The summed E-state index contributed by atoms with van der Waals surface area (Å²) in [6.07, 6.45) is 8.38. The highest BCUT2D eigenvalue weighted by molar-refractivity contribution is 7.90. The number of carbonyl (C=O) groups is 3. The Balaban J connectivity index is 1.14. The molecule has 1 saturated carbocycles. The van der Waals surface area contributed by atoms with E-state index in [0.29, 0.717) is 34.9 Å². The van der Waals surface area contributed by atoms with E-state index in [1.807, 2.05) is 66.7 Å². The Hall–Kier alpha value is -5.43. The number of para-hydroxylation sites is 1. The largest absolute Gasteiger partial charge is 0.497 e. The number of hydrogen-bond donors (Lipinski definition) is 3. The molecule has 0 unspecified atom stereocenters. The van der Waals surface area contributed by atoms with Crippen molar-refractivity contribution in [2.75, 3.05) is 25.5 Å². The zero-order valence-electron chi connectivity index (χ0n) is 30.4. The summed E-state index contributed by atoms with van der Waals surface area (Å²) in [5, 5.41) is 6.86. The number of allylic oxidation sites excluding steroid dienone is 1. The number of nitrogens with one attached hydrogen (secondary N) is 3. The van der Waals surface area contributed by atoms with Gasteiger partial charge in [0.15, 0.2) is 0 Å². The van der Waals surface area contributed by atoms with Gasteiger partial charge in [-0.15, -0.1) is 0 Å². The Bertz CT molecular complexity index is 2190. The number of methoxy groups -OCH3 is 1. The van der Waals surface area contributed by atoms with Gasteiger partial charge in [-0.2, -0.15) is 0 Å². The Morgan fingerprint density at radius 3 is 2.56 bits per heavy atom. The van der Waals surface area contributed by atoms with Crippen molar-refractivity contribution in [1.29, 1.82) is 0 Å². The van der Waals surface area contributed by atoms with Gasteiger partial charge in [0.1, 0.15) is 34.1 Å². The van der Waals surface area contributed by atoms with Gasteiger partial charge in [-0.25, -0.2) is 18.1 Å². The number of amides is 3. The lowest BCUT2D eigenvalue weighted by molar-refractivity contribution is -0.138. The maximum Gasteiger partial charge on any atom is 0.266 e. The van der Waals surface area contributed by atoms with Crippen LogP contribution < -0.4 is 24.8 Å². The van der Waals surface area contributed by atoms with Gasteiger partial charge in [-0.3, -0.25) is 14.4 Å². The standard InChI is InChI=1S/C41H45N5O7S/c1-27(47)46-26-31(53-37-24-34(28-14-8-7-9-15-28)43-35-22-30(52-2)19-20-32(35)37)23-36(46)39(48)44-41-25-29(41)16-10-5-3-4-6-13-21-42-33-17-11-12-18-38(33)54(50,51)45-40(41)49/h7-12,14-20,22,24,29,31,36,42H,3-6,13,21,23,25-26H2,1-2H3,(H,44,48)(H,45,49)/b16-10+/t29-,31-,36+,41-/m1/s1. The van der Waals surface area contributed by atoms with Crippen molar-refractivity contribution < 1.29 is 32.3 Å². The van der Waals surface area contributed by atoms with Crippen LogP contribution in [0.4, 0.5) is 5.69 Å². The fraction of sp³-hybridized carbons (Fsp3) is 0.366. The van der Waals surface area contributed by atoms with Gasteiger partial charge in [-0.05, 0) is 49.9 Å². The van der Waals surface area contributed by atoms with Gasteiger partial charge in [0.05, 0.1) is 30.6 Å². The Labute approximate surface area is 315 Å². The molecule has 4 aromatic rings. The van der Waals surface area contributed by atoms with Crippen LogP contribution >= 0.6 is 0 Å². The number of carbonyl (C=O) groups excluding carboxylic acids is 3. The molecule has 0 radical (unpaired) electrons. The predicted octanol–water partition coefficient (Wildman–Crippen LogP) is 5.59. The van der Waals surface area contributed by atoms with Crippen LogP contribution in [0.25, 0.3) is 22.2 Å². The third kappa shape index (κ3) is 7.77. The first kappa shape index (κ1) is 36.9. The number of benzene rings is 3. The minimum absolute atomic E-state index is 0.0456. The summed E-state index contributed by atoms with van der Waals surface area (Å²) in [6, 6.07) is 22.6. The van der Waals surface area contributed by atoms with Crippen LogP contribution in [0.15, 0.2) is 95.9 Å². The summed E-state index contributed by atoms with van der Waals surface area (Å²) < 4.78 is 41.6. The molecular formula is C41H45N5O7S. The van der Waals surface area contributed by atoms with Crippen LogP contribution in [0.2, 0.25) is 0 Å². The molecule has 4 atom stereocenters. The van der Waals surface area contributed by atoms with Gasteiger partial charge in [-0.1, -0.05) is 67.5 Å². The first-order valence-electron chi connectivity index (χ1n) is 18.4. The zero-order valence-corrected chi connectivity index (χ0v) is 31.2. The molecule has 3 amide bonds. The molecule has 1 aliphatic carbocycles. The van der Waals surface area contributed by atoms with Crippen LogP contribution in [-0.2, 0) is 24.4 Å². The minimum atomic E-state index is -4.30. The molecule has 54 heavy (non-hydrogen) atoms. The van der Waals surface area contributed by atoms with Crippen molar-refractivity contribution in [2.24, 2.45) is 5.92 Å². The second-order valence-electron chi connectivity index (χ2n) is 14.2. The van der Waals surface area contributed by atoms with E-state index >= 15 is 0 Å². The van der Waals surface area contributed by atoms with E-state index in [-0.39, 0.29) is 30.2 Å². The molecule has 12 nitrogen and oxygen atoms in total. The third-order valence-corrected chi connectivity index (χ3v) is 11.9. The second kappa shape index (κ2) is 15.5. The highest BCUT2D eigenvalue weighted by atomic mass is 32.2. The number of anilines is 1. The number of rotatable bonds is 6. The minimum Gasteiger partial charge on any atom is -0.497 e. The first-order chi connectivity index (χ1) is 26.1. The molecule has 3 aliphatic rings. The molecule has 0 bridgehead atoms. The molecular weight excluding hydrogens is 707 g/mol. The number of sulfonamides is 1. The molecule has 3 aromatic carbocycles. The molecule has 282 valence electrons. The lowest BCUT2D eigenvalue weighted by atomic mass is 10.1. The molecule has 2 fully saturated rings. The smallest absolute Gasteiger partial charge is 0.266 e. The normalized spacial score (nSPS) is 24.6. The van der Waals surface area contributed by atoms with Crippen LogP contribution in [0, 0.1) is 5.92 Å². The third-order valence-electron chi connectivity index (χ3n) is 10.5. The van der Waals surface area contributed by atoms with Gasteiger partial charge in [0.25, 0.3) is 15.9 Å². The molecule has 0 spiro atoms. The number of pyridine rings is 1. The summed E-state index contributed by atoms with van der Waals surface area (Å²) in [7, 11) is -2.72. The molecule has 1 saturated heterocycles. The fourth-order valence-corrected chi connectivity index (χ4v) is 8.66. The lowest BCUT2D eigenvalue weighted by Crippen LogP contribution is -2.56. The summed E-state index contributed by atoms with van der Waals surface area (Å²) >= 11 is 0. The molecule has 2 aliphatic heterocycles. The number of ether oxygens (including phenoxy) is 2. The van der Waals surface area contributed by atoms with Crippen molar-refractivity contribution >= 4 is 44.3 Å². The van der Waals surface area contributed by atoms with Crippen LogP contribution in [0.5, 0.6) is 11.5 Å². The van der Waals surface area contributed by atoms with Crippen molar-refractivity contribution in [2.45, 2.75) is 74.4 Å². The quantitative estimate of drug-likeness (QED) is 0.214. The SMILES string of the molecule is COc1ccc2c(O[C@@H]3C[C@@H](C(=O)N[C@]45C[C@H]4/C=C/CCCCCCNc4ccccc4S(=O)(=O)NC5=O)N(C(C)=O)C3)cc(-c3ccccc3)nc2c1. The lowest BCUT2D eigenvalue weighted by Gasteiger charge is -2.25. The number of nitrogens with zero attached hydrogens (tertiary/aromatic N) is 2. The van der Waals surface area contributed by atoms with Crippen molar-refractivity contribution in [3.8, 4) is 22.8 Å². The van der Waals surface area contributed by atoms with E-state index in [1.54, 1.807) is 25.3 Å². The number of likely N-dealkylation sites (tertiary alicyclic amines) is 1. The van der Waals surface area contributed by atoms with Crippen LogP contribution in [0.3, 0.4) is 0 Å². The summed E-state index contributed by atoms with van der Waals surface area (Å²) in [4.78, 5) is 47.5. The van der Waals surface area contributed by atoms with Crippen LogP contribution in [0.1, 0.15) is 51.9 Å². The van der Waals surface area contributed by atoms with E-state index in [2.05, 4.69) is 15.4 Å². The summed E-state index contributed by atoms with van der Waals surface area (Å²) in [6.45, 7) is 2.12. The van der Waals surface area contributed by atoms with E-state index in [0.717, 1.165) is 43.1 Å². The van der Waals surface area contributed by atoms with E-state index in [1.165, 1.54) is 17.9 Å². The van der Waals surface area contributed by atoms with Crippen molar-refractivity contribution in [1.82, 2.24) is 19.9 Å². The average Bonchev–Trinajstić information content (AvgIpc) is 3.69. The monoisotopic (exact) mass is 751 g/mol. The summed E-state index contributed by atoms with van der Waals surface area (Å²) in [5.41, 5.74) is 1.14. The van der Waals surface area contributed by atoms with Crippen LogP contribution in [-0.4, -0.2) is 73.9 Å². The Kier molecular flexibility index (Phi) is 10.6. The van der Waals surface area contributed by atoms with E-state index in [9.17, 15) is 22.8 Å². The Morgan fingerprint density at radius 1 is 0.981 bits per heavy atom. The zero-order chi connectivity index (χ0) is 37.9. The van der Waals surface area contributed by atoms with Crippen molar-refractivity contribution in [3.63, 3.8) is 0 Å². The molecule has 3 N–H and O–H groups in total. The molecule has 1 aromatic heterocycles. The second-order valence-corrected chi connectivity index (χ2v) is 15.8. The van der Waals surface area contributed by atoms with E-state index in [4.69, 9.17) is 14.5 Å². The molecule has 7 rings (SSSR count). The average molecular weight is 752 g/mol. The topological polar surface area (TPSA) is 156 Å². The fourth-order valence-electron chi connectivity index (χ4n) is 7.44. The maximum absolute atomic E-state index is 14.2. The number of fused-ring (bicyclic) bond motifs is 3. The summed E-state index contributed by atoms with van der Waals surface area (Å²) in [5.74, 6) is -0.937. The first-order valence-corrected chi connectivity index (χ1v) is 19.9. The molecule has 3 heterocycles. The highest BCUT2D eigenvalue weighted by Gasteiger charge is 2.61. The van der Waals surface area contributed by atoms with Gasteiger partial charge < -0.3 is 25.0 Å². The van der Waals surface area contributed by atoms with Gasteiger partial charge >= 0.3 is 0 Å². The highest BCUT2D eigenvalue weighted by Crippen LogP contribution is 2.46. The van der Waals surface area contributed by atoms with Crippen molar-refractivity contribution in [3.05, 3.63) is 91.0 Å². The van der Waals surface area contributed by atoms with Gasteiger partial charge in [0, 0.05) is 48.9 Å². The van der Waals surface area contributed by atoms with Gasteiger partial charge in [0.2, 0.25) is 11.8 Å². The Morgan fingerprint density at radius 2 is 1.76 bits per heavy atom. The molecule has 13 heteroatoms. The predicted molar refractivity (Wildman–Crippen MR) is 205 cm³/mol. The number of aromatic nitrogens is 1. The number of hydrogen-bond acceptors (Lipinski definition) is 9. The van der Waals surface area contributed by atoms with E-state index < -0.39 is 45.4 Å².